The number of fused-ring (bicyclic) bond motifs is 1. The summed E-state index contributed by atoms with van der Waals surface area (Å²) < 4.78 is 0. The van der Waals surface area contributed by atoms with Crippen LogP contribution in [0, 0.1) is 6.92 Å². The van der Waals surface area contributed by atoms with E-state index in [1.807, 2.05) is 19.1 Å². The monoisotopic (exact) mass is 226 g/mol. The van der Waals surface area contributed by atoms with Crippen LogP contribution >= 0.6 is 0 Å². The first-order chi connectivity index (χ1) is 8.22. The van der Waals surface area contributed by atoms with Gasteiger partial charge in [0.05, 0.1) is 11.2 Å². The van der Waals surface area contributed by atoms with E-state index in [-0.39, 0.29) is 5.56 Å². The highest BCUT2D eigenvalue weighted by atomic mass is 16.1. The molecule has 5 heteroatoms. The van der Waals surface area contributed by atoms with Crippen LogP contribution in [0.5, 0.6) is 0 Å². The molecular formula is C12H10N4O. The number of aromatic nitrogens is 4. The molecule has 0 unspecified atom stereocenters. The van der Waals surface area contributed by atoms with Gasteiger partial charge in [-0.2, -0.15) is 0 Å². The van der Waals surface area contributed by atoms with Gasteiger partial charge in [-0.05, 0) is 25.1 Å². The van der Waals surface area contributed by atoms with Crippen LogP contribution in [0.25, 0.3) is 22.7 Å². The van der Waals surface area contributed by atoms with E-state index in [9.17, 15) is 4.79 Å². The normalized spacial score (nSPS) is 10.9. The average molecular weight is 226 g/mol. The number of H-pyrrole nitrogens is 2. The van der Waals surface area contributed by atoms with Gasteiger partial charge in [-0.3, -0.25) is 4.79 Å². The zero-order chi connectivity index (χ0) is 11.8. The van der Waals surface area contributed by atoms with Crippen LogP contribution in [0.1, 0.15) is 5.69 Å². The van der Waals surface area contributed by atoms with Crippen molar-refractivity contribution in [1.82, 2.24) is 19.9 Å². The Balaban J connectivity index is 2.21. The van der Waals surface area contributed by atoms with Crippen molar-refractivity contribution in [2.75, 3.05) is 0 Å². The van der Waals surface area contributed by atoms with Gasteiger partial charge in [0.15, 0.2) is 11.5 Å². The molecule has 3 rings (SSSR count). The van der Waals surface area contributed by atoms with Crippen molar-refractivity contribution in [2.24, 2.45) is 0 Å². The summed E-state index contributed by atoms with van der Waals surface area (Å²) in [5.74, 6) is 0.621. The predicted molar refractivity (Wildman–Crippen MR) is 64.7 cm³/mol. The quantitative estimate of drug-likeness (QED) is 0.662. The second kappa shape index (κ2) is 3.55. The van der Waals surface area contributed by atoms with Gasteiger partial charge in [-0.15, -0.1) is 0 Å². The fourth-order valence-corrected chi connectivity index (χ4v) is 1.70. The topological polar surface area (TPSA) is 74.4 Å². The second-order valence-electron chi connectivity index (χ2n) is 3.84. The molecule has 0 saturated carbocycles. The van der Waals surface area contributed by atoms with Crippen molar-refractivity contribution in [2.45, 2.75) is 6.92 Å². The first-order valence-corrected chi connectivity index (χ1v) is 5.25. The van der Waals surface area contributed by atoms with E-state index in [4.69, 9.17) is 0 Å². The summed E-state index contributed by atoms with van der Waals surface area (Å²) in [5, 5.41) is 0. The predicted octanol–water partition coefficient (Wildman–Crippen LogP) is 1.62. The number of nitrogens with zero attached hydrogens (tertiary/aromatic N) is 2. The van der Waals surface area contributed by atoms with Crippen molar-refractivity contribution in [3.8, 4) is 11.5 Å². The van der Waals surface area contributed by atoms with Gasteiger partial charge >= 0.3 is 0 Å². The van der Waals surface area contributed by atoms with Crippen molar-refractivity contribution in [1.29, 1.82) is 0 Å². The number of rotatable bonds is 1. The van der Waals surface area contributed by atoms with Crippen LogP contribution < -0.4 is 5.56 Å². The highest BCUT2D eigenvalue weighted by molar-refractivity contribution is 5.75. The molecular weight excluding hydrogens is 216 g/mol. The van der Waals surface area contributed by atoms with E-state index in [1.54, 1.807) is 12.1 Å². The summed E-state index contributed by atoms with van der Waals surface area (Å²) in [6.07, 6.45) is 0. The number of aryl methyl sites for hydroxylation is 1. The maximum Gasteiger partial charge on any atom is 0.248 e. The number of hydrogen-bond donors (Lipinski definition) is 2. The van der Waals surface area contributed by atoms with E-state index < -0.39 is 0 Å². The number of hydrogen-bond acceptors (Lipinski definition) is 3. The molecule has 0 amide bonds. The molecule has 3 aromatic heterocycles. The maximum absolute atomic E-state index is 11.2. The van der Waals surface area contributed by atoms with Gasteiger partial charge in [0.1, 0.15) is 0 Å². The highest BCUT2D eigenvalue weighted by Crippen LogP contribution is 2.16. The lowest BCUT2D eigenvalue weighted by atomic mass is 10.3. The first kappa shape index (κ1) is 9.77. The highest BCUT2D eigenvalue weighted by Gasteiger charge is 2.06. The summed E-state index contributed by atoms with van der Waals surface area (Å²) >= 11 is 0. The maximum atomic E-state index is 11.2. The Kier molecular flexibility index (Phi) is 2.04. The smallest absolute Gasteiger partial charge is 0.248 e. The molecule has 0 bridgehead atoms. The lowest BCUT2D eigenvalue weighted by molar-refractivity contribution is 1.18. The fraction of sp³-hybridized carbons (Fsp3) is 0.0833. The minimum Gasteiger partial charge on any atom is -0.335 e. The largest absolute Gasteiger partial charge is 0.335 e. The molecule has 2 N–H and O–H groups in total. The molecule has 0 aliphatic rings. The Labute approximate surface area is 96.6 Å². The van der Waals surface area contributed by atoms with Crippen LogP contribution in [-0.4, -0.2) is 19.9 Å². The molecule has 0 aliphatic heterocycles. The molecule has 0 aromatic carbocycles. The van der Waals surface area contributed by atoms with Gasteiger partial charge in [0.25, 0.3) is 0 Å². The number of pyridine rings is 2. The summed E-state index contributed by atoms with van der Waals surface area (Å²) in [5.41, 5.74) is 2.94. The number of imidazole rings is 1. The Morgan fingerprint density at radius 1 is 1.06 bits per heavy atom. The van der Waals surface area contributed by atoms with Crippen LogP contribution in [0.3, 0.4) is 0 Å². The number of nitrogens with one attached hydrogen (secondary N) is 2. The summed E-state index contributed by atoms with van der Waals surface area (Å²) in [6.45, 7) is 1.91. The fourth-order valence-electron chi connectivity index (χ4n) is 1.70. The molecule has 0 fully saturated rings. The van der Waals surface area contributed by atoms with E-state index >= 15 is 0 Å². The molecule has 0 saturated heterocycles. The van der Waals surface area contributed by atoms with E-state index in [2.05, 4.69) is 19.9 Å². The molecule has 0 spiro atoms. The molecule has 0 atom stereocenters. The third kappa shape index (κ3) is 1.71. The van der Waals surface area contributed by atoms with Crippen LogP contribution in [0.4, 0.5) is 0 Å². The minimum atomic E-state index is -0.146. The van der Waals surface area contributed by atoms with Crippen LogP contribution in [0.15, 0.2) is 35.1 Å². The SMILES string of the molecule is Cc1ccc2[nH]c(-c3cccc(=O)[nH]3)nc2n1. The molecule has 3 aromatic rings. The lowest BCUT2D eigenvalue weighted by Gasteiger charge is -1.93. The van der Waals surface area contributed by atoms with E-state index in [0.29, 0.717) is 17.2 Å². The van der Waals surface area contributed by atoms with Gasteiger partial charge in [-0.1, -0.05) is 6.07 Å². The Morgan fingerprint density at radius 3 is 2.76 bits per heavy atom. The van der Waals surface area contributed by atoms with Crippen LogP contribution in [-0.2, 0) is 0 Å². The van der Waals surface area contributed by atoms with Gasteiger partial charge in [-0.25, -0.2) is 9.97 Å². The molecule has 5 nitrogen and oxygen atoms in total. The molecule has 84 valence electrons. The number of aromatic amines is 2. The Morgan fingerprint density at radius 2 is 1.94 bits per heavy atom. The summed E-state index contributed by atoms with van der Waals surface area (Å²) in [6, 6.07) is 8.80. The average Bonchev–Trinajstić information content (AvgIpc) is 2.72. The third-order valence-corrected chi connectivity index (χ3v) is 2.51. The molecule has 0 aliphatic carbocycles. The third-order valence-electron chi connectivity index (χ3n) is 2.51. The summed E-state index contributed by atoms with van der Waals surface area (Å²) in [4.78, 5) is 25.7. The molecule has 0 radical (unpaired) electrons. The molecule has 3 heterocycles. The van der Waals surface area contributed by atoms with Gasteiger partial charge < -0.3 is 9.97 Å². The van der Waals surface area contributed by atoms with E-state index in [1.165, 1.54) is 6.07 Å². The van der Waals surface area contributed by atoms with E-state index in [0.717, 1.165) is 11.2 Å². The van der Waals surface area contributed by atoms with Gasteiger partial charge in [0.2, 0.25) is 5.56 Å². The Bertz CT molecular complexity index is 741. The van der Waals surface area contributed by atoms with Crippen molar-refractivity contribution in [3.63, 3.8) is 0 Å². The Hall–Kier alpha value is -2.43. The van der Waals surface area contributed by atoms with Crippen molar-refractivity contribution >= 4 is 11.2 Å². The first-order valence-electron chi connectivity index (χ1n) is 5.25. The van der Waals surface area contributed by atoms with Crippen molar-refractivity contribution < 1.29 is 0 Å². The zero-order valence-corrected chi connectivity index (χ0v) is 9.19. The van der Waals surface area contributed by atoms with Gasteiger partial charge in [0, 0.05) is 11.8 Å². The molecule has 17 heavy (non-hydrogen) atoms. The van der Waals surface area contributed by atoms with Crippen LogP contribution in [0.2, 0.25) is 0 Å². The summed E-state index contributed by atoms with van der Waals surface area (Å²) in [7, 11) is 0. The van der Waals surface area contributed by atoms with Crippen molar-refractivity contribution in [3.05, 3.63) is 46.4 Å². The lowest BCUT2D eigenvalue weighted by Crippen LogP contribution is -2.03. The zero-order valence-electron chi connectivity index (χ0n) is 9.19. The minimum absolute atomic E-state index is 0.146. The second-order valence-corrected chi connectivity index (χ2v) is 3.84. The standard InChI is InChI=1S/C12H10N4O/c1-7-5-6-9-11(13-7)16-12(15-9)8-3-2-4-10(17)14-8/h2-6H,1H3,(H,14,17)(H,13,15,16).